The van der Waals surface area contributed by atoms with Crippen molar-refractivity contribution in [2.45, 2.75) is 55.9 Å². The average molecular weight is 461 g/mol. The summed E-state index contributed by atoms with van der Waals surface area (Å²) < 4.78 is 0. The summed E-state index contributed by atoms with van der Waals surface area (Å²) in [6, 6.07) is 18.3. The fourth-order valence-corrected chi connectivity index (χ4v) is 8.46. The zero-order valence-corrected chi connectivity index (χ0v) is 19.9. The minimum atomic E-state index is 0.0291. The third-order valence-electron chi connectivity index (χ3n) is 8.33. The van der Waals surface area contributed by atoms with Gasteiger partial charge < -0.3 is 10.2 Å². The number of rotatable bonds is 6. The molecule has 5 heteroatoms. The largest absolute Gasteiger partial charge is 0.347 e. The number of benzene rings is 2. The molecule has 1 N–H and O–H groups in total. The summed E-state index contributed by atoms with van der Waals surface area (Å²) in [6.45, 7) is 0.717. The van der Waals surface area contributed by atoms with Gasteiger partial charge in [-0.25, -0.2) is 0 Å². The summed E-state index contributed by atoms with van der Waals surface area (Å²) in [5.74, 6) is 3.24. The highest BCUT2D eigenvalue weighted by atomic mass is 32.2. The first-order valence-corrected chi connectivity index (χ1v) is 13.5. The molecule has 7 rings (SSSR count). The number of hydrogen-bond acceptors (Lipinski definition) is 3. The van der Waals surface area contributed by atoms with Crippen molar-refractivity contribution < 1.29 is 9.59 Å². The SMILES string of the molecule is O=C(NC12CC3CC(CC(C3)C1)C2)c1ccc([C@H]2SCC(=O)N2CCc2ccccc2)cc1. The lowest BCUT2D eigenvalue weighted by molar-refractivity contribution is -0.128. The van der Waals surface area contributed by atoms with Crippen molar-refractivity contribution >= 4 is 23.6 Å². The van der Waals surface area contributed by atoms with Crippen LogP contribution in [0.1, 0.15) is 65.4 Å². The van der Waals surface area contributed by atoms with Crippen LogP contribution in [-0.4, -0.2) is 34.6 Å². The van der Waals surface area contributed by atoms with Crippen molar-refractivity contribution in [1.82, 2.24) is 10.2 Å². The van der Waals surface area contributed by atoms with Gasteiger partial charge in [-0.1, -0.05) is 42.5 Å². The van der Waals surface area contributed by atoms with Gasteiger partial charge in [0.15, 0.2) is 0 Å². The second-order valence-corrected chi connectivity index (χ2v) is 11.8. The Bertz CT molecular complexity index is 1000. The quantitative estimate of drug-likeness (QED) is 0.644. The molecule has 172 valence electrons. The Hall–Kier alpha value is -2.27. The van der Waals surface area contributed by atoms with E-state index in [4.69, 9.17) is 0 Å². The van der Waals surface area contributed by atoms with Crippen LogP contribution in [0.25, 0.3) is 0 Å². The predicted molar refractivity (Wildman–Crippen MR) is 132 cm³/mol. The van der Waals surface area contributed by atoms with Crippen LogP contribution in [-0.2, 0) is 11.2 Å². The smallest absolute Gasteiger partial charge is 0.251 e. The molecule has 0 unspecified atom stereocenters. The number of nitrogens with one attached hydrogen (secondary N) is 1. The number of amides is 2. The highest BCUT2D eigenvalue weighted by Gasteiger charge is 2.51. The van der Waals surface area contributed by atoms with Gasteiger partial charge in [-0.2, -0.15) is 0 Å². The van der Waals surface area contributed by atoms with Crippen LogP contribution in [0.3, 0.4) is 0 Å². The highest BCUT2D eigenvalue weighted by Crippen LogP contribution is 2.55. The number of thioether (sulfide) groups is 1. The van der Waals surface area contributed by atoms with E-state index in [0.29, 0.717) is 5.75 Å². The van der Waals surface area contributed by atoms with Crippen LogP contribution in [0.4, 0.5) is 0 Å². The summed E-state index contributed by atoms with van der Waals surface area (Å²) in [4.78, 5) is 27.7. The lowest BCUT2D eigenvalue weighted by Crippen LogP contribution is -2.59. The third kappa shape index (κ3) is 4.21. The van der Waals surface area contributed by atoms with E-state index < -0.39 is 0 Å². The van der Waals surface area contributed by atoms with Crippen LogP contribution in [0.5, 0.6) is 0 Å². The molecule has 1 aliphatic heterocycles. The first kappa shape index (κ1) is 21.3. The highest BCUT2D eigenvalue weighted by molar-refractivity contribution is 8.00. The van der Waals surface area contributed by atoms with Crippen molar-refractivity contribution in [3.05, 3.63) is 71.3 Å². The molecule has 2 amide bonds. The molecule has 1 atom stereocenters. The van der Waals surface area contributed by atoms with Crippen molar-refractivity contribution in [2.24, 2.45) is 17.8 Å². The minimum Gasteiger partial charge on any atom is -0.347 e. The Morgan fingerprint density at radius 1 is 0.939 bits per heavy atom. The number of carbonyl (C=O) groups excluding carboxylic acids is 2. The van der Waals surface area contributed by atoms with E-state index >= 15 is 0 Å². The molecule has 4 saturated carbocycles. The average Bonchev–Trinajstić information content (AvgIpc) is 3.17. The molecule has 2 aromatic carbocycles. The molecule has 0 spiro atoms. The van der Waals surface area contributed by atoms with Crippen molar-refractivity contribution in [2.75, 3.05) is 12.3 Å². The molecule has 5 aliphatic rings. The van der Waals surface area contributed by atoms with E-state index in [1.54, 1.807) is 11.8 Å². The maximum Gasteiger partial charge on any atom is 0.251 e. The van der Waals surface area contributed by atoms with Gasteiger partial charge in [-0.05, 0) is 86.0 Å². The van der Waals surface area contributed by atoms with Gasteiger partial charge in [0.2, 0.25) is 5.91 Å². The third-order valence-corrected chi connectivity index (χ3v) is 9.58. The fraction of sp³-hybridized carbons (Fsp3) is 0.500. The Kier molecular flexibility index (Phi) is 5.48. The zero-order chi connectivity index (χ0) is 22.4. The molecule has 5 fully saturated rings. The van der Waals surface area contributed by atoms with Gasteiger partial charge in [0, 0.05) is 17.6 Å². The van der Waals surface area contributed by atoms with Crippen LogP contribution in [0, 0.1) is 17.8 Å². The summed E-state index contributed by atoms with van der Waals surface area (Å²) in [5, 5.41) is 3.50. The summed E-state index contributed by atoms with van der Waals surface area (Å²) in [5.41, 5.74) is 3.12. The molecular formula is C28H32N2O2S. The molecule has 1 saturated heterocycles. The summed E-state index contributed by atoms with van der Waals surface area (Å²) in [6.07, 6.45) is 8.49. The molecule has 0 aromatic heterocycles. The van der Waals surface area contributed by atoms with Gasteiger partial charge in [-0.15, -0.1) is 11.8 Å². The van der Waals surface area contributed by atoms with Crippen molar-refractivity contribution in [1.29, 1.82) is 0 Å². The van der Waals surface area contributed by atoms with E-state index in [2.05, 4.69) is 17.4 Å². The molecule has 4 bridgehead atoms. The second-order valence-electron chi connectivity index (χ2n) is 10.8. The maximum atomic E-state index is 13.2. The first-order chi connectivity index (χ1) is 16.1. The van der Waals surface area contributed by atoms with Gasteiger partial charge >= 0.3 is 0 Å². The first-order valence-electron chi connectivity index (χ1n) is 12.4. The van der Waals surface area contributed by atoms with Crippen LogP contribution < -0.4 is 5.32 Å². The molecule has 2 aromatic rings. The number of hydrogen-bond donors (Lipinski definition) is 1. The standard InChI is InChI=1S/C28H32N2O2S/c31-25-18-33-27(30(25)11-10-19-4-2-1-3-5-19)24-8-6-23(7-9-24)26(32)29-28-15-20-12-21(16-28)14-22(13-20)17-28/h1-9,20-22,27H,10-18H2,(H,29,32)/t20?,21?,22?,27-,28?/m1/s1. The second kappa shape index (κ2) is 8.50. The Morgan fingerprint density at radius 2 is 1.58 bits per heavy atom. The van der Waals surface area contributed by atoms with E-state index in [-0.39, 0.29) is 22.7 Å². The lowest BCUT2D eigenvalue weighted by Gasteiger charge is -2.56. The van der Waals surface area contributed by atoms with Crippen molar-refractivity contribution in [3.63, 3.8) is 0 Å². The fourth-order valence-electron chi connectivity index (χ4n) is 7.24. The van der Waals surface area contributed by atoms with Crippen LogP contribution in [0.15, 0.2) is 54.6 Å². The van der Waals surface area contributed by atoms with Gasteiger partial charge in [0.25, 0.3) is 5.91 Å². The molecule has 0 radical (unpaired) electrons. The molecule has 4 nitrogen and oxygen atoms in total. The lowest BCUT2D eigenvalue weighted by atomic mass is 9.53. The molecule has 33 heavy (non-hydrogen) atoms. The Morgan fingerprint density at radius 3 is 2.21 bits per heavy atom. The van der Waals surface area contributed by atoms with E-state index in [1.807, 2.05) is 47.4 Å². The van der Waals surface area contributed by atoms with Gasteiger partial charge in [-0.3, -0.25) is 9.59 Å². The molecular weight excluding hydrogens is 428 g/mol. The topological polar surface area (TPSA) is 49.4 Å². The summed E-state index contributed by atoms with van der Waals surface area (Å²) in [7, 11) is 0. The number of carbonyl (C=O) groups is 2. The van der Waals surface area contributed by atoms with Crippen LogP contribution >= 0.6 is 11.8 Å². The maximum absolute atomic E-state index is 13.2. The van der Waals surface area contributed by atoms with Gasteiger partial charge in [0.1, 0.15) is 5.37 Å². The monoisotopic (exact) mass is 460 g/mol. The Labute approximate surface area is 200 Å². The van der Waals surface area contributed by atoms with Crippen molar-refractivity contribution in [3.8, 4) is 0 Å². The molecule has 1 heterocycles. The minimum absolute atomic E-state index is 0.0291. The van der Waals surface area contributed by atoms with E-state index in [9.17, 15) is 9.59 Å². The van der Waals surface area contributed by atoms with E-state index in [1.165, 1.54) is 44.1 Å². The van der Waals surface area contributed by atoms with Gasteiger partial charge in [0.05, 0.1) is 5.75 Å². The summed E-state index contributed by atoms with van der Waals surface area (Å²) >= 11 is 1.68. The Balaban J connectivity index is 1.12. The zero-order valence-electron chi connectivity index (χ0n) is 19.0. The van der Waals surface area contributed by atoms with E-state index in [0.717, 1.165) is 41.8 Å². The predicted octanol–water partition coefficient (Wildman–Crippen LogP) is 5.20. The number of nitrogens with zero attached hydrogens (tertiary/aromatic N) is 1. The normalized spacial score (nSPS) is 32.4. The molecule has 4 aliphatic carbocycles. The van der Waals surface area contributed by atoms with Crippen LogP contribution in [0.2, 0.25) is 0 Å².